The molecule has 0 aliphatic carbocycles. The molecule has 0 fully saturated rings. The summed E-state index contributed by atoms with van der Waals surface area (Å²) in [5.41, 5.74) is 6.71. The second-order valence-electron chi connectivity index (χ2n) is 3.52. The number of nitrogens with two attached hydrogens (primary N) is 1. The van der Waals surface area contributed by atoms with Crippen LogP contribution >= 0.6 is 0 Å². The van der Waals surface area contributed by atoms with Gasteiger partial charge in [0.2, 0.25) is 0 Å². The summed E-state index contributed by atoms with van der Waals surface area (Å²) in [6.07, 6.45) is 4.05. The minimum Gasteiger partial charge on any atom is -0.330 e. The lowest BCUT2D eigenvalue weighted by molar-refractivity contribution is 0.768. The maximum absolute atomic E-state index is 11.4. The van der Waals surface area contributed by atoms with Crippen molar-refractivity contribution in [2.24, 2.45) is 12.8 Å². The number of rotatable bonds is 3. The van der Waals surface area contributed by atoms with Gasteiger partial charge in [-0.3, -0.25) is 9.48 Å². The Morgan fingerprint density at radius 2 is 2.38 bits per heavy atom. The summed E-state index contributed by atoms with van der Waals surface area (Å²) in [7, 11) is 1.82. The minimum absolute atomic E-state index is 0.169. The number of hydrogen-bond donors (Lipinski definition) is 2. The van der Waals surface area contributed by atoms with Crippen LogP contribution in [0.4, 0.5) is 0 Å². The summed E-state index contributed by atoms with van der Waals surface area (Å²) in [5.74, 6) is 0.605. The van der Waals surface area contributed by atoms with E-state index in [4.69, 9.17) is 5.73 Å². The van der Waals surface area contributed by atoms with E-state index in [-0.39, 0.29) is 5.56 Å². The summed E-state index contributed by atoms with van der Waals surface area (Å²) in [6.45, 7) is 0.458. The Kier molecular flexibility index (Phi) is 2.82. The fourth-order valence-electron chi connectivity index (χ4n) is 1.46. The molecule has 2 aromatic heterocycles. The van der Waals surface area contributed by atoms with Crippen LogP contribution < -0.4 is 11.3 Å². The van der Waals surface area contributed by atoms with Crippen molar-refractivity contribution < 1.29 is 0 Å². The van der Waals surface area contributed by atoms with Gasteiger partial charge in [-0.2, -0.15) is 5.10 Å². The van der Waals surface area contributed by atoms with Crippen LogP contribution in [0, 0.1) is 0 Å². The second kappa shape index (κ2) is 4.28. The van der Waals surface area contributed by atoms with E-state index in [0.717, 1.165) is 5.56 Å². The third kappa shape index (κ3) is 2.17. The highest BCUT2D eigenvalue weighted by atomic mass is 16.1. The van der Waals surface area contributed by atoms with Crippen LogP contribution in [0.25, 0.3) is 11.3 Å². The summed E-state index contributed by atoms with van der Waals surface area (Å²) >= 11 is 0. The standard InChI is InChI=1S/C10H13N5O/c1-15-6-7(5-12-15)8-4-10(16)14-9(13-8)2-3-11/h4-6H,2-3,11H2,1H3,(H,13,14,16). The molecule has 0 atom stereocenters. The molecule has 0 unspecified atom stereocenters. The molecular formula is C10H13N5O. The molecule has 0 spiro atoms. The number of aromatic amines is 1. The fourth-order valence-corrected chi connectivity index (χ4v) is 1.46. The normalized spacial score (nSPS) is 10.6. The first-order chi connectivity index (χ1) is 7.69. The van der Waals surface area contributed by atoms with Crippen molar-refractivity contribution in [2.75, 3.05) is 6.54 Å². The molecular weight excluding hydrogens is 206 g/mol. The Morgan fingerprint density at radius 3 is 3.00 bits per heavy atom. The van der Waals surface area contributed by atoms with Gasteiger partial charge in [0.05, 0.1) is 11.9 Å². The van der Waals surface area contributed by atoms with Crippen LogP contribution in [0.3, 0.4) is 0 Å². The van der Waals surface area contributed by atoms with E-state index in [2.05, 4.69) is 15.1 Å². The second-order valence-corrected chi connectivity index (χ2v) is 3.52. The van der Waals surface area contributed by atoms with Crippen molar-refractivity contribution in [1.82, 2.24) is 19.7 Å². The fraction of sp³-hybridized carbons (Fsp3) is 0.300. The summed E-state index contributed by atoms with van der Waals surface area (Å²) < 4.78 is 1.67. The molecule has 0 aliphatic heterocycles. The molecule has 0 aliphatic rings. The van der Waals surface area contributed by atoms with E-state index in [0.29, 0.717) is 24.5 Å². The molecule has 6 nitrogen and oxygen atoms in total. The molecule has 2 heterocycles. The monoisotopic (exact) mass is 219 g/mol. The van der Waals surface area contributed by atoms with E-state index in [9.17, 15) is 4.79 Å². The number of nitrogens with one attached hydrogen (secondary N) is 1. The van der Waals surface area contributed by atoms with E-state index >= 15 is 0 Å². The molecule has 3 N–H and O–H groups in total. The van der Waals surface area contributed by atoms with Crippen LogP contribution in [0.2, 0.25) is 0 Å². The summed E-state index contributed by atoms with van der Waals surface area (Å²) in [4.78, 5) is 18.4. The lowest BCUT2D eigenvalue weighted by Crippen LogP contribution is -2.14. The van der Waals surface area contributed by atoms with Crippen molar-refractivity contribution in [1.29, 1.82) is 0 Å². The molecule has 2 aromatic rings. The quantitative estimate of drug-likeness (QED) is 0.739. The Labute approximate surface area is 92.1 Å². The van der Waals surface area contributed by atoms with Gasteiger partial charge in [-0.05, 0) is 6.54 Å². The molecule has 0 saturated heterocycles. The summed E-state index contributed by atoms with van der Waals surface area (Å²) in [5, 5.41) is 4.04. The molecule has 16 heavy (non-hydrogen) atoms. The maximum Gasteiger partial charge on any atom is 0.251 e. The number of aromatic nitrogens is 4. The predicted molar refractivity (Wildman–Crippen MR) is 59.8 cm³/mol. The lowest BCUT2D eigenvalue weighted by Gasteiger charge is -2.00. The smallest absolute Gasteiger partial charge is 0.251 e. The van der Waals surface area contributed by atoms with E-state index in [1.165, 1.54) is 6.07 Å². The summed E-state index contributed by atoms with van der Waals surface area (Å²) in [6, 6.07) is 1.46. The molecule has 2 rings (SSSR count). The van der Waals surface area contributed by atoms with Gasteiger partial charge in [-0.1, -0.05) is 0 Å². The van der Waals surface area contributed by atoms with Crippen LogP contribution in [0.15, 0.2) is 23.3 Å². The van der Waals surface area contributed by atoms with Crippen LogP contribution in [-0.4, -0.2) is 26.3 Å². The zero-order chi connectivity index (χ0) is 11.5. The molecule has 0 radical (unpaired) electrons. The van der Waals surface area contributed by atoms with Crippen molar-refractivity contribution in [2.45, 2.75) is 6.42 Å². The van der Waals surface area contributed by atoms with Gasteiger partial charge in [0.15, 0.2) is 0 Å². The molecule has 0 bridgehead atoms. The van der Waals surface area contributed by atoms with Crippen molar-refractivity contribution >= 4 is 0 Å². The Bertz CT molecular complexity index is 542. The van der Waals surface area contributed by atoms with Gasteiger partial charge < -0.3 is 10.7 Å². The maximum atomic E-state index is 11.4. The first kappa shape index (κ1) is 10.6. The molecule has 0 aromatic carbocycles. The van der Waals surface area contributed by atoms with E-state index in [1.807, 2.05) is 13.2 Å². The lowest BCUT2D eigenvalue weighted by atomic mass is 10.2. The predicted octanol–water partition coefficient (Wildman–Crippen LogP) is -0.328. The van der Waals surface area contributed by atoms with Gasteiger partial charge in [0.25, 0.3) is 5.56 Å². The Hall–Kier alpha value is -1.95. The van der Waals surface area contributed by atoms with E-state index < -0.39 is 0 Å². The largest absolute Gasteiger partial charge is 0.330 e. The van der Waals surface area contributed by atoms with Crippen LogP contribution in [0.5, 0.6) is 0 Å². The average molecular weight is 219 g/mol. The highest BCUT2D eigenvalue weighted by Gasteiger charge is 2.05. The third-order valence-corrected chi connectivity index (χ3v) is 2.17. The van der Waals surface area contributed by atoms with Gasteiger partial charge in [-0.25, -0.2) is 4.98 Å². The number of H-pyrrole nitrogens is 1. The Morgan fingerprint density at radius 1 is 1.56 bits per heavy atom. The first-order valence-electron chi connectivity index (χ1n) is 4.98. The SMILES string of the molecule is Cn1cc(-c2cc(=O)[nH]c(CCN)n2)cn1. The molecule has 84 valence electrons. The zero-order valence-corrected chi connectivity index (χ0v) is 8.97. The third-order valence-electron chi connectivity index (χ3n) is 2.17. The van der Waals surface area contributed by atoms with Gasteiger partial charge in [-0.15, -0.1) is 0 Å². The molecule has 0 amide bonds. The topological polar surface area (TPSA) is 89.6 Å². The van der Waals surface area contributed by atoms with Crippen molar-refractivity contribution in [3.8, 4) is 11.3 Å². The van der Waals surface area contributed by atoms with Crippen molar-refractivity contribution in [3.63, 3.8) is 0 Å². The van der Waals surface area contributed by atoms with Crippen LogP contribution in [-0.2, 0) is 13.5 Å². The number of nitrogens with zero attached hydrogens (tertiary/aromatic N) is 3. The highest BCUT2D eigenvalue weighted by Crippen LogP contribution is 2.13. The number of hydrogen-bond acceptors (Lipinski definition) is 4. The first-order valence-corrected chi connectivity index (χ1v) is 4.98. The van der Waals surface area contributed by atoms with E-state index in [1.54, 1.807) is 10.9 Å². The average Bonchev–Trinajstić information content (AvgIpc) is 2.64. The zero-order valence-electron chi connectivity index (χ0n) is 8.97. The molecule has 6 heteroatoms. The Balaban J connectivity index is 2.44. The van der Waals surface area contributed by atoms with Crippen molar-refractivity contribution in [3.05, 3.63) is 34.6 Å². The van der Waals surface area contributed by atoms with Gasteiger partial charge in [0, 0.05) is 31.3 Å². The van der Waals surface area contributed by atoms with Gasteiger partial charge in [0.1, 0.15) is 5.82 Å². The van der Waals surface area contributed by atoms with Crippen LogP contribution in [0.1, 0.15) is 5.82 Å². The van der Waals surface area contributed by atoms with Gasteiger partial charge >= 0.3 is 0 Å². The minimum atomic E-state index is -0.169. The molecule has 0 saturated carbocycles. The highest BCUT2D eigenvalue weighted by molar-refractivity contribution is 5.56. The number of aryl methyl sites for hydroxylation is 1.